The summed E-state index contributed by atoms with van der Waals surface area (Å²) in [4.78, 5) is 14.7. The monoisotopic (exact) mass is 418 g/mol. The first kappa shape index (κ1) is 19.9. The maximum atomic E-state index is 13.0. The number of anilines is 2. The highest BCUT2D eigenvalue weighted by atomic mass is 32.2. The first-order valence-electron chi connectivity index (χ1n) is 9.78. The molecule has 0 aliphatic carbocycles. The topological polar surface area (TPSA) is 66.5 Å². The Hall–Kier alpha value is -3.38. The van der Waals surface area contributed by atoms with Crippen LogP contribution in [0.1, 0.15) is 27.9 Å². The number of carbonyl (C=O) groups excluding carboxylic acids is 1. The standard InChI is InChI=1S/C24H22N2O3S/c27-24(21-10-5-2-6-11-21)26-16-7-12-20-13-14-22(18-23(20)26)25-30(28,29)17-15-19-8-3-1-4-9-19/h1-6,8-11,13-15,17-18,25H,7,12,16H2/b17-15+. The van der Waals surface area contributed by atoms with Crippen molar-refractivity contribution in [1.82, 2.24) is 0 Å². The lowest BCUT2D eigenvalue weighted by molar-refractivity contribution is 0.0985. The minimum Gasteiger partial charge on any atom is -0.308 e. The van der Waals surface area contributed by atoms with E-state index in [1.165, 1.54) is 0 Å². The van der Waals surface area contributed by atoms with Crippen LogP contribution >= 0.6 is 0 Å². The van der Waals surface area contributed by atoms with Crippen molar-refractivity contribution in [2.75, 3.05) is 16.2 Å². The van der Waals surface area contributed by atoms with Crippen molar-refractivity contribution in [1.29, 1.82) is 0 Å². The number of hydrogen-bond acceptors (Lipinski definition) is 3. The lowest BCUT2D eigenvalue weighted by atomic mass is 10.00. The van der Waals surface area contributed by atoms with Crippen LogP contribution in [-0.4, -0.2) is 20.9 Å². The van der Waals surface area contributed by atoms with E-state index < -0.39 is 10.0 Å². The molecule has 0 saturated heterocycles. The molecule has 0 atom stereocenters. The highest BCUT2D eigenvalue weighted by Gasteiger charge is 2.24. The van der Waals surface area contributed by atoms with Gasteiger partial charge in [0.1, 0.15) is 0 Å². The first-order valence-corrected chi connectivity index (χ1v) is 11.3. The Morgan fingerprint density at radius 1 is 0.933 bits per heavy atom. The first-order chi connectivity index (χ1) is 14.5. The van der Waals surface area contributed by atoms with Gasteiger partial charge in [0, 0.05) is 17.8 Å². The largest absolute Gasteiger partial charge is 0.308 e. The number of sulfonamides is 1. The molecule has 1 amide bonds. The van der Waals surface area contributed by atoms with Gasteiger partial charge in [-0.15, -0.1) is 0 Å². The number of hydrogen-bond donors (Lipinski definition) is 1. The zero-order chi connectivity index (χ0) is 21.0. The van der Waals surface area contributed by atoms with Gasteiger partial charge in [-0.3, -0.25) is 9.52 Å². The number of amides is 1. The fourth-order valence-corrected chi connectivity index (χ4v) is 4.38. The summed E-state index contributed by atoms with van der Waals surface area (Å²) in [5.41, 5.74) is 3.63. The maximum Gasteiger partial charge on any atom is 0.258 e. The Balaban J connectivity index is 1.58. The third-order valence-corrected chi connectivity index (χ3v) is 5.98. The molecule has 30 heavy (non-hydrogen) atoms. The third kappa shape index (κ3) is 4.60. The van der Waals surface area contributed by atoms with E-state index in [2.05, 4.69) is 4.72 Å². The van der Waals surface area contributed by atoms with E-state index in [0.29, 0.717) is 17.8 Å². The molecule has 0 fully saturated rings. The predicted molar refractivity (Wildman–Crippen MR) is 121 cm³/mol. The molecule has 0 spiro atoms. The van der Waals surface area contributed by atoms with E-state index in [1.54, 1.807) is 35.2 Å². The quantitative estimate of drug-likeness (QED) is 0.654. The zero-order valence-electron chi connectivity index (χ0n) is 16.4. The Morgan fingerprint density at radius 2 is 1.63 bits per heavy atom. The Kier molecular flexibility index (Phi) is 5.68. The Labute approximate surface area is 176 Å². The molecule has 0 radical (unpaired) electrons. The number of carbonyl (C=O) groups is 1. The average Bonchev–Trinajstić information content (AvgIpc) is 2.78. The van der Waals surface area contributed by atoms with Crippen LogP contribution in [-0.2, 0) is 16.4 Å². The van der Waals surface area contributed by atoms with Crippen molar-refractivity contribution in [3.63, 3.8) is 0 Å². The van der Waals surface area contributed by atoms with Gasteiger partial charge in [-0.25, -0.2) is 8.42 Å². The summed E-state index contributed by atoms with van der Waals surface area (Å²) in [7, 11) is -3.68. The molecule has 5 nitrogen and oxygen atoms in total. The lowest BCUT2D eigenvalue weighted by Crippen LogP contribution is -2.35. The maximum absolute atomic E-state index is 13.0. The number of nitrogens with zero attached hydrogens (tertiary/aromatic N) is 1. The summed E-state index contributed by atoms with van der Waals surface area (Å²) >= 11 is 0. The summed E-state index contributed by atoms with van der Waals surface area (Å²) in [6, 6.07) is 23.7. The van der Waals surface area contributed by atoms with Crippen LogP contribution in [0.4, 0.5) is 11.4 Å². The molecular weight excluding hydrogens is 396 g/mol. The highest BCUT2D eigenvalue weighted by molar-refractivity contribution is 7.95. The summed E-state index contributed by atoms with van der Waals surface area (Å²) in [6.07, 6.45) is 3.28. The van der Waals surface area contributed by atoms with Gasteiger partial charge in [-0.1, -0.05) is 54.6 Å². The van der Waals surface area contributed by atoms with Gasteiger partial charge in [-0.05, 0) is 54.3 Å². The van der Waals surface area contributed by atoms with Gasteiger partial charge in [0.25, 0.3) is 15.9 Å². The van der Waals surface area contributed by atoms with Gasteiger partial charge in [0.2, 0.25) is 0 Å². The van der Waals surface area contributed by atoms with Crippen molar-refractivity contribution in [3.8, 4) is 0 Å². The van der Waals surface area contributed by atoms with E-state index in [4.69, 9.17) is 0 Å². The zero-order valence-corrected chi connectivity index (χ0v) is 17.2. The number of nitrogens with one attached hydrogen (secondary N) is 1. The predicted octanol–water partition coefficient (Wildman–Crippen LogP) is 4.69. The molecule has 0 saturated carbocycles. The molecule has 0 bridgehead atoms. The molecule has 1 aliphatic rings. The summed E-state index contributed by atoms with van der Waals surface area (Å²) in [5, 5.41) is 1.15. The Morgan fingerprint density at radius 3 is 2.37 bits per heavy atom. The lowest BCUT2D eigenvalue weighted by Gasteiger charge is -2.30. The summed E-state index contributed by atoms with van der Waals surface area (Å²) in [6.45, 7) is 0.602. The van der Waals surface area contributed by atoms with Gasteiger partial charge in [0.05, 0.1) is 11.1 Å². The van der Waals surface area contributed by atoms with Crippen molar-refractivity contribution in [3.05, 3.63) is 101 Å². The van der Waals surface area contributed by atoms with E-state index in [9.17, 15) is 13.2 Å². The van der Waals surface area contributed by atoms with Crippen LogP contribution in [0.25, 0.3) is 6.08 Å². The molecule has 152 valence electrons. The van der Waals surface area contributed by atoms with Crippen LogP contribution in [0.3, 0.4) is 0 Å². The second-order valence-corrected chi connectivity index (χ2v) is 8.70. The second kappa shape index (κ2) is 8.55. The third-order valence-electron chi connectivity index (χ3n) is 4.97. The molecule has 3 aromatic rings. The number of fused-ring (bicyclic) bond motifs is 1. The summed E-state index contributed by atoms with van der Waals surface area (Å²) < 4.78 is 27.6. The highest BCUT2D eigenvalue weighted by Crippen LogP contribution is 2.31. The molecule has 0 aromatic heterocycles. The van der Waals surface area contributed by atoms with Crippen molar-refractivity contribution < 1.29 is 13.2 Å². The fraction of sp³-hybridized carbons (Fsp3) is 0.125. The van der Waals surface area contributed by atoms with E-state index in [1.807, 2.05) is 54.6 Å². The van der Waals surface area contributed by atoms with Crippen molar-refractivity contribution in [2.24, 2.45) is 0 Å². The average molecular weight is 419 g/mol. The minimum absolute atomic E-state index is 0.0828. The van der Waals surface area contributed by atoms with E-state index in [0.717, 1.165) is 35.1 Å². The molecule has 1 N–H and O–H groups in total. The van der Waals surface area contributed by atoms with Crippen molar-refractivity contribution >= 4 is 33.4 Å². The van der Waals surface area contributed by atoms with Crippen LogP contribution in [0, 0.1) is 0 Å². The molecule has 4 rings (SSSR count). The van der Waals surface area contributed by atoms with E-state index >= 15 is 0 Å². The number of aryl methyl sites for hydroxylation is 1. The molecular formula is C24H22N2O3S. The normalized spacial score (nSPS) is 13.8. The van der Waals surface area contributed by atoms with Gasteiger partial charge < -0.3 is 4.90 Å². The van der Waals surface area contributed by atoms with Gasteiger partial charge in [0.15, 0.2) is 0 Å². The number of benzene rings is 3. The van der Waals surface area contributed by atoms with Crippen LogP contribution in [0.5, 0.6) is 0 Å². The molecule has 1 heterocycles. The van der Waals surface area contributed by atoms with Gasteiger partial charge >= 0.3 is 0 Å². The number of rotatable bonds is 5. The molecule has 6 heteroatoms. The minimum atomic E-state index is -3.68. The second-order valence-electron chi connectivity index (χ2n) is 7.13. The summed E-state index contributed by atoms with van der Waals surface area (Å²) in [5.74, 6) is -0.0828. The molecule has 0 unspecified atom stereocenters. The van der Waals surface area contributed by atoms with Crippen LogP contribution < -0.4 is 9.62 Å². The molecule has 3 aromatic carbocycles. The van der Waals surface area contributed by atoms with Crippen LogP contribution in [0.15, 0.2) is 84.3 Å². The van der Waals surface area contributed by atoms with E-state index in [-0.39, 0.29) is 5.91 Å². The smallest absolute Gasteiger partial charge is 0.258 e. The van der Waals surface area contributed by atoms with Gasteiger partial charge in [-0.2, -0.15) is 0 Å². The fourth-order valence-electron chi connectivity index (χ4n) is 3.52. The Bertz CT molecular complexity index is 1170. The molecule has 1 aliphatic heterocycles. The van der Waals surface area contributed by atoms with Crippen molar-refractivity contribution in [2.45, 2.75) is 12.8 Å². The SMILES string of the molecule is O=C(c1ccccc1)N1CCCc2ccc(NS(=O)(=O)/C=C/c3ccccc3)cc21. The van der Waals surface area contributed by atoms with Crippen LogP contribution in [0.2, 0.25) is 0 Å².